The Bertz CT molecular complexity index is 544. The number of hydrogen-bond acceptors (Lipinski definition) is 3. The number of rotatable bonds is 2. The molecule has 1 amide bonds. The Hall–Kier alpha value is -0.386. The number of nitrogens with zero attached hydrogens (tertiary/aromatic N) is 2. The molecule has 94 valence electrons. The molecule has 7 heteroatoms. The number of benzene rings is 1. The van der Waals surface area contributed by atoms with Crippen LogP contribution in [0.15, 0.2) is 18.2 Å². The van der Waals surface area contributed by atoms with Crippen LogP contribution in [-0.2, 0) is 37.5 Å². The maximum absolute atomic E-state index is 11.8. The van der Waals surface area contributed by atoms with Crippen molar-refractivity contribution in [1.82, 2.24) is 15.0 Å². The Morgan fingerprint density at radius 2 is 2.11 bits per heavy atom. The van der Waals surface area contributed by atoms with E-state index in [1.165, 1.54) is 12.2 Å². The van der Waals surface area contributed by atoms with Crippen LogP contribution in [0.25, 0.3) is 11.0 Å². The SMILES string of the molecule is CON(C)C(=O)c1ccc2nc(C)[nH]c2c1.[Am].[Y]. The van der Waals surface area contributed by atoms with Gasteiger partial charge in [-0.05, 0) is 25.1 Å². The minimum atomic E-state index is -0.184. The van der Waals surface area contributed by atoms with Crippen LogP contribution < -0.4 is 0 Å². The Morgan fingerprint density at radius 1 is 1.44 bits per heavy atom. The van der Waals surface area contributed by atoms with Gasteiger partial charge in [0.25, 0.3) is 5.91 Å². The molecule has 0 fully saturated rings. The molecular formula is C11H13AmN3O2Y. The molecule has 0 atom stereocenters. The molecule has 0 saturated carbocycles. The Kier molecular flexibility index (Phi) is 7.11. The summed E-state index contributed by atoms with van der Waals surface area (Å²) in [6.07, 6.45) is 0. The number of nitrogens with one attached hydrogen (secondary N) is 1. The van der Waals surface area contributed by atoms with Crippen LogP contribution >= 0.6 is 0 Å². The van der Waals surface area contributed by atoms with E-state index in [4.69, 9.17) is 4.84 Å². The topological polar surface area (TPSA) is 58.2 Å². The van der Waals surface area contributed by atoms with Crippen molar-refractivity contribution in [3.8, 4) is 0 Å². The molecule has 2 radical (unpaired) electrons. The van der Waals surface area contributed by atoms with Crippen molar-refractivity contribution >= 4 is 16.9 Å². The predicted molar refractivity (Wildman–Crippen MR) is 59.9 cm³/mol. The van der Waals surface area contributed by atoms with E-state index in [2.05, 4.69) is 9.97 Å². The fourth-order valence-corrected chi connectivity index (χ4v) is 1.53. The zero-order valence-corrected chi connectivity index (χ0v) is 16.4. The third-order valence-corrected chi connectivity index (χ3v) is 2.41. The molecule has 5 nitrogen and oxygen atoms in total. The molecule has 0 bridgehead atoms. The number of aryl methyl sites for hydroxylation is 1. The summed E-state index contributed by atoms with van der Waals surface area (Å²) in [7, 11) is 3.03. The third kappa shape index (κ3) is 3.56. The van der Waals surface area contributed by atoms with Crippen molar-refractivity contribution in [2.75, 3.05) is 14.2 Å². The minimum absolute atomic E-state index is 0. The zero-order chi connectivity index (χ0) is 11.7. The van der Waals surface area contributed by atoms with Gasteiger partial charge in [0.2, 0.25) is 0 Å². The van der Waals surface area contributed by atoms with Crippen molar-refractivity contribution in [3.63, 3.8) is 0 Å². The summed E-state index contributed by atoms with van der Waals surface area (Å²) >= 11 is 0. The van der Waals surface area contributed by atoms with Gasteiger partial charge in [-0.25, -0.2) is 10.0 Å². The van der Waals surface area contributed by atoms with Crippen LogP contribution in [0.1, 0.15) is 16.2 Å². The first-order chi connectivity index (χ1) is 7.61. The minimum Gasteiger partial charge on any atom is -0.342 e. The van der Waals surface area contributed by atoms with E-state index >= 15 is 0 Å². The van der Waals surface area contributed by atoms with Crippen LogP contribution in [0.2, 0.25) is 0 Å². The van der Waals surface area contributed by atoms with Gasteiger partial charge in [0.05, 0.1) is 18.1 Å². The third-order valence-electron chi connectivity index (χ3n) is 2.41. The van der Waals surface area contributed by atoms with Crippen LogP contribution in [0.5, 0.6) is 0 Å². The van der Waals surface area contributed by atoms with Crippen LogP contribution in [0.4, 0.5) is 0 Å². The number of hydroxylamine groups is 2. The molecule has 2 rings (SSSR count). The normalized spacial score (nSPS) is 9.50. The maximum Gasteiger partial charge on any atom is 0.277 e. The Balaban J connectivity index is 0.00000144. The van der Waals surface area contributed by atoms with Gasteiger partial charge >= 0.3 is 0 Å². The average Bonchev–Trinajstić information content (AvgIpc) is 2.65. The predicted octanol–water partition coefficient (Wildman–Crippen LogP) is 1.50. The summed E-state index contributed by atoms with van der Waals surface area (Å²) < 4.78 is 0. The van der Waals surface area contributed by atoms with E-state index in [-0.39, 0.29) is 52.9 Å². The van der Waals surface area contributed by atoms with Crippen LogP contribution in [0, 0.1) is 21.2 Å². The van der Waals surface area contributed by atoms with E-state index in [0.717, 1.165) is 16.9 Å². The zero-order valence-electron chi connectivity index (χ0n) is 10.4. The number of fused-ring (bicyclic) bond motifs is 1. The molecule has 0 saturated heterocycles. The number of aromatic amines is 1. The molecule has 1 aromatic carbocycles. The molecule has 1 heterocycles. The molecule has 18 heavy (non-hydrogen) atoms. The largest absolute Gasteiger partial charge is 0.342 e. The molecule has 0 aliphatic rings. The fraction of sp³-hybridized carbons (Fsp3) is 0.273. The summed E-state index contributed by atoms with van der Waals surface area (Å²) in [5.41, 5.74) is 2.28. The van der Waals surface area contributed by atoms with E-state index in [9.17, 15) is 4.79 Å². The summed E-state index contributed by atoms with van der Waals surface area (Å²) in [6, 6.07) is 5.32. The molecule has 0 spiro atoms. The Morgan fingerprint density at radius 3 is 2.72 bits per heavy atom. The second-order valence-corrected chi connectivity index (χ2v) is 3.54. The molecule has 2 aromatic rings. The van der Waals surface area contributed by atoms with Gasteiger partial charge < -0.3 is 4.98 Å². The van der Waals surface area contributed by atoms with Crippen LogP contribution in [-0.4, -0.2) is 35.1 Å². The van der Waals surface area contributed by atoms with Gasteiger partial charge in [-0.1, -0.05) is 0 Å². The van der Waals surface area contributed by atoms with Crippen LogP contribution in [0.3, 0.4) is 0 Å². The van der Waals surface area contributed by atoms with E-state index in [0.29, 0.717) is 5.56 Å². The molecule has 1 aromatic heterocycles. The first kappa shape index (κ1) is 17.6. The standard InChI is InChI=1S/C11H13N3O2.Am.Y/c1-7-12-9-5-4-8(6-10(9)13-7)11(15)14(2)16-3;;/h4-6H,1-3H3,(H,12,13);;. The molecule has 0 aliphatic carbocycles. The van der Waals surface area contributed by atoms with Crippen molar-refractivity contribution in [2.45, 2.75) is 6.92 Å². The van der Waals surface area contributed by atoms with Gasteiger partial charge in [-0.2, -0.15) is 0 Å². The molecule has 0 unspecified atom stereocenters. The van der Waals surface area contributed by atoms with Gasteiger partial charge in [-0.3, -0.25) is 9.63 Å². The van der Waals surface area contributed by atoms with Gasteiger partial charge in [0, 0.05) is 59.6 Å². The Labute approximate surface area is 138 Å². The summed E-state index contributed by atoms with van der Waals surface area (Å²) in [5.74, 6) is 0.649. The average molecular weight is 551 g/mol. The molecule has 1 N–H and O–H groups in total. The number of hydrogen-bond donors (Lipinski definition) is 1. The second-order valence-electron chi connectivity index (χ2n) is 3.54. The van der Waals surface area contributed by atoms with Crippen molar-refractivity contribution in [1.29, 1.82) is 0 Å². The summed E-state index contributed by atoms with van der Waals surface area (Å²) in [6.45, 7) is 1.88. The quantitative estimate of drug-likeness (QED) is 0.577. The fourth-order valence-electron chi connectivity index (χ4n) is 1.53. The number of imidazole rings is 1. The van der Waals surface area contributed by atoms with E-state index in [1.54, 1.807) is 19.2 Å². The van der Waals surface area contributed by atoms with E-state index < -0.39 is 0 Å². The summed E-state index contributed by atoms with van der Waals surface area (Å²) in [4.78, 5) is 24.0. The van der Waals surface area contributed by atoms with Gasteiger partial charge in [0.15, 0.2) is 0 Å². The molecular weight excluding hydrogens is 538 g/mol. The maximum atomic E-state index is 11.8. The smallest absolute Gasteiger partial charge is 0.277 e. The van der Waals surface area contributed by atoms with E-state index in [1.807, 2.05) is 13.0 Å². The molecule has 0 aliphatic heterocycles. The van der Waals surface area contributed by atoms with Gasteiger partial charge in [0.1, 0.15) is 5.82 Å². The van der Waals surface area contributed by atoms with Crippen molar-refractivity contribution < 1.29 is 56.6 Å². The van der Waals surface area contributed by atoms with Gasteiger partial charge in [-0.15, -0.1) is 0 Å². The monoisotopic (exact) mass is 549 g/mol. The number of carbonyl (C=O) groups is 1. The summed E-state index contributed by atoms with van der Waals surface area (Å²) in [5, 5.41) is 1.18. The van der Waals surface area contributed by atoms with Crippen molar-refractivity contribution in [3.05, 3.63) is 29.6 Å². The second kappa shape index (κ2) is 7.26. The number of H-pyrrole nitrogens is 1. The first-order valence-corrected chi connectivity index (χ1v) is 4.90. The first-order valence-electron chi connectivity index (χ1n) is 4.90. The number of carbonyl (C=O) groups excluding carboxylic acids is 1. The van der Waals surface area contributed by atoms with Crippen molar-refractivity contribution in [2.24, 2.45) is 0 Å². The number of amides is 1. The number of aromatic nitrogens is 2.